The fraction of sp³-hybridized carbons (Fsp3) is 0.167. The van der Waals surface area contributed by atoms with Crippen molar-refractivity contribution in [2.45, 2.75) is 19.6 Å². The van der Waals surface area contributed by atoms with Gasteiger partial charge in [-0.2, -0.15) is 0 Å². The number of carbonyl (C=O) groups is 1. The summed E-state index contributed by atoms with van der Waals surface area (Å²) in [5.41, 5.74) is 0. The third-order valence-electron chi connectivity index (χ3n) is 3.46. The first-order chi connectivity index (χ1) is 13.4. The lowest BCUT2D eigenvalue weighted by molar-refractivity contribution is -0.127. The molecule has 0 spiro atoms. The van der Waals surface area contributed by atoms with E-state index in [9.17, 15) is 9.18 Å². The highest BCUT2D eigenvalue weighted by Gasteiger charge is 2.15. The molecule has 2 heterocycles. The maximum atomic E-state index is 13.7. The van der Waals surface area contributed by atoms with Gasteiger partial charge in [-0.1, -0.05) is 23.2 Å². The minimum Gasteiger partial charge on any atom is -0.481 e. The summed E-state index contributed by atoms with van der Waals surface area (Å²) in [4.78, 5) is 20.7. The SMILES string of the molecule is C[C@@H](Oc1ccc(Oc2ncc(Cl)cc2F)cc1)C(=O)NCc1cnc(Cl)s1. The first-order valence-corrected chi connectivity index (χ1v) is 9.61. The van der Waals surface area contributed by atoms with Crippen LogP contribution in [0.25, 0.3) is 0 Å². The second-order valence-electron chi connectivity index (χ2n) is 5.57. The van der Waals surface area contributed by atoms with Crippen molar-refractivity contribution < 1.29 is 18.7 Å². The Hall–Kier alpha value is -2.42. The molecule has 3 aromatic rings. The zero-order chi connectivity index (χ0) is 20.1. The van der Waals surface area contributed by atoms with E-state index >= 15 is 0 Å². The summed E-state index contributed by atoms with van der Waals surface area (Å²) in [6.45, 7) is 1.95. The average Bonchev–Trinajstić information content (AvgIpc) is 3.08. The third-order valence-corrected chi connectivity index (χ3v) is 4.78. The number of rotatable bonds is 7. The molecule has 3 rings (SSSR count). The smallest absolute Gasteiger partial charge is 0.261 e. The lowest BCUT2D eigenvalue weighted by atomic mass is 10.3. The highest BCUT2D eigenvalue weighted by atomic mass is 35.5. The van der Waals surface area contributed by atoms with Gasteiger partial charge in [0.2, 0.25) is 0 Å². The first kappa shape index (κ1) is 20.3. The molecule has 0 aliphatic heterocycles. The fourth-order valence-electron chi connectivity index (χ4n) is 2.12. The molecular weight excluding hydrogens is 428 g/mol. The van der Waals surface area contributed by atoms with Gasteiger partial charge in [-0.3, -0.25) is 4.79 Å². The van der Waals surface area contributed by atoms with Gasteiger partial charge in [-0.15, -0.1) is 11.3 Å². The molecule has 2 aromatic heterocycles. The summed E-state index contributed by atoms with van der Waals surface area (Å²) in [6.07, 6.45) is 2.18. The minimum absolute atomic E-state index is 0.180. The van der Waals surface area contributed by atoms with Gasteiger partial charge < -0.3 is 14.8 Å². The lowest BCUT2D eigenvalue weighted by Gasteiger charge is -2.14. The van der Waals surface area contributed by atoms with Gasteiger partial charge in [-0.25, -0.2) is 14.4 Å². The van der Waals surface area contributed by atoms with Gasteiger partial charge >= 0.3 is 0 Å². The van der Waals surface area contributed by atoms with Gasteiger partial charge in [0.1, 0.15) is 11.5 Å². The molecule has 0 bridgehead atoms. The molecule has 146 valence electrons. The lowest BCUT2D eigenvalue weighted by Crippen LogP contribution is -2.35. The van der Waals surface area contributed by atoms with E-state index in [1.807, 2.05) is 0 Å². The molecule has 6 nitrogen and oxygen atoms in total. The maximum absolute atomic E-state index is 13.7. The van der Waals surface area contributed by atoms with E-state index in [2.05, 4.69) is 15.3 Å². The first-order valence-electron chi connectivity index (χ1n) is 8.04. The Morgan fingerprint density at radius 3 is 2.57 bits per heavy atom. The van der Waals surface area contributed by atoms with Crippen LogP contribution in [0.1, 0.15) is 11.8 Å². The van der Waals surface area contributed by atoms with E-state index in [1.165, 1.54) is 17.5 Å². The van der Waals surface area contributed by atoms with Crippen molar-refractivity contribution in [3.63, 3.8) is 0 Å². The average molecular weight is 442 g/mol. The molecule has 0 fully saturated rings. The van der Waals surface area contributed by atoms with Crippen molar-refractivity contribution in [3.8, 4) is 17.4 Å². The van der Waals surface area contributed by atoms with Crippen LogP contribution in [-0.2, 0) is 11.3 Å². The second-order valence-corrected chi connectivity index (χ2v) is 7.71. The van der Waals surface area contributed by atoms with Crippen LogP contribution in [0.4, 0.5) is 4.39 Å². The molecule has 28 heavy (non-hydrogen) atoms. The van der Waals surface area contributed by atoms with Crippen LogP contribution in [0.3, 0.4) is 0 Å². The van der Waals surface area contributed by atoms with Crippen molar-refractivity contribution >= 4 is 40.4 Å². The molecular formula is C18H14Cl2FN3O3S. The minimum atomic E-state index is -0.717. The van der Waals surface area contributed by atoms with Crippen LogP contribution >= 0.6 is 34.5 Å². The fourth-order valence-corrected chi connectivity index (χ4v) is 3.18. The number of halogens is 3. The quantitative estimate of drug-likeness (QED) is 0.566. The van der Waals surface area contributed by atoms with Gasteiger partial charge in [0.05, 0.1) is 11.6 Å². The Morgan fingerprint density at radius 1 is 1.21 bits per heavy atom. The summed E-state index contributed by atoms with van der Waals surface area (Å²) in [5.74, 6) is -0.313. The number of ether oxygens (including phenoxy) is 2. The van der Waals surface area contributed by atoms with Crippen LogP contribution in [0, 0.1) is 5.82 Å². The van der Waals surface area contributed by atoms with Crippen molar-refractivity contribution in [2.75, 3.05) is 0 Å². The maximum Gasteiger partial charge on any atom is 0.261 e. The van der Waals surface area contributed by atoms with E-state index in [4.69, 9.17) is 32.7 Å². The molecule has 0 aliphatic rings. The van der Waals surface area contributed by atoms with Crippen molar-refractivity contribution in [1.82, 2.24) is 15.3 Å². The normalized spacial score (nSPS) is 11.7. The molecule has 0 unspecified atom stereocenters. The molecule has 10 heteroatoms. The molecule has 1 atom stereocenters. The van der Waals surface area contributed by atoms with E-state index in [1.54, 1.807) is 37.4 Å². The number of benzene rings is 1. The third kappa shape index (κ3) is 5.54. The van der Waals surface area contributed by atoms with E-state index < -0.39 is 11.9 Å². The number of hydrogen-bond acceptors (Lipinski definition) is 6. The zero-order valence-corrected chi connectivity index (χ0v) is 16.8. The zero-order valence-electron chi connectivity index (χ0n) is 14.5. The molecule has 0 saturated heterocycles. The molecule has 0 saturated carbocycles. The summed E-state index contributed by atoms with van der Waals surface area (Å²) in [6, 6.07) is 7.48. The summed E-state index contributed by atoms with van der Waals surface area (Å²) >= 11 is 12.7. The van der Waals surface area contributed by atoms with E-state index in [-0.39, 0.29) is 16.8 Å². The van der Waals surface area contributed by atoms with Gasteiger partial charge in [0, 0.05) is 17.3 Å². The van der Waals surface area contributed by atoms with Crippen molar-refractivity contribution in [1.29, 1.82) is 0 Å². The second kappa shape index (κ2) is 9.18. The molecule has 1 amide bonds. The topological polar surface area (TPSA) is 73.3 Å². The Kier molecular flexibility index (Phi) is 6.66. The molecule has 0 radical (unpaired) electrons. The molecule has 1 aromatic carbocycles. The largest absolute Gasteiger partial charge is 0.481 e. The van der Waals surface area contributed by atoms with E-state index in [0.717, 1.165) is 10.9 Å². The number of nitrogens with one attached hydrogen (secondary N) is 1. The highest BCUT2D eigenvalue weighted by molar-refractivity contribution is 7.15. The highest BCUT2D eigenvalue weighted by Crippen LogP contribution is 2.26. The molecule has 0 aliphatic carbocycles. The summed E-state index contributed by atoms with van der Waals surface area (Å²) in [5, 5.41) is 2.93. The predicted molar refractivity (Wildman–Crippen MR) is 105 cm³/mol. The number of hydrogen-bond donors (Lipinski definition) is 1. The Morgan fingerprint density at radius 2 is 1.93 bits per heavy atom. The van der Waals surface area contributed by atoms with Gasteiger partial charge in [0.15, 0.2) is 16.4 Å². The summed E-state index contributed by atoms with van der Waals surface area (Å²) < 4.78 is 25.1. The Balaban J connectivity index is 1.53. The number of aromatic nitrogens is 2. The number of thiazole rings is 1. The van der Waals surface area contributed by atoms with Crippen LogP contribution < -0.4 is 14.8 Å². The van der Waals surface area contributed by atoms with Crippen LogP contribution in [-0.4, -0.2) is 22.0 Å². The molecule has 1 N–H and O–H groups in total. The van der Waals surface area contributed by atoms with Gasteiger partial charge in [-0.05, 0) is 37.3 Å². The Labute approximate surface area is 174 Å². The van der Waals surface area contributed by atoms with Crippen molar-refractivity contribution in [2.24, 2.45) is 0 Å². The van der Waals surface area contributed by atoms with Crippen molar-refractivity contribution in [3.05, 3.63) is 62.9 Å². The van der Waals surface area contributed by atoms with Crippen LogP contribution in [0.5, 0.6) is 17.4 Å². The number of pyridine rings is 1. The number of nitrogens with zero attached hydrogens (tertiary/aromatic N) is 2. The standard InChI is InChI=1S/C18H14Cl2FN3O3S/c1-10(16(25)22-8-14-9-24-18(20)28-14)26-12-2-4-13(5-3-12)27-17-15(21)6-11(19)7-23-17/h2-7,9-10H,8H2,1H3,(H,22,25)/t10-/m1/s1. The van der Waals surface area contributed by atoms with Gasteiger partial charge in [0.25, 0.3) is 11.8 Å². The monoisotopic (exact) mass is 441 g/mol. The van der Waals surface area contributed by atoms with Crippen LogP contribution in [0.15, 0.2) is 42.7 Å². The summed E-state index contributed by atoms with van der Waals surface area (Å²) in [7, 11) is 0. The number of amides is 1. The Bertz CT molecular complexity index is 969. The number of carbonyl (C=O) groups excluding carboxylic acids is 1. The van der Waals surface area contributed by atoms with Crippen LogP contribution in [0.2, 0.25) is 9.49 Å². The van der Waals surface area contributed by atoms with E-state index in [0.29, 0.717) is 22.5 Å². The predicted octanol–water partition coefficient (Wildman–Crippen LogP) is 4.86.